The molecule has 0 atom stereocenters. The fraction of sp³-hybridized carbons (Fsp3) is 0.615. The van der Waals surface area contributed by atoms with Gasteiger partial charge in [-0.05, 0) is 24.8 Å². The van der Waals surface area contributed by atoms with Gasteiger partial charge in [0.25, 0.3) is 0 Å². The van der Waals surface area contributed by atoms with Crippen molar-refractivity contribution in [3.05, 3.63) is 17.3 Å². The average molecular weight is 254 g/mol. The largest absolute Gasteiger partial charge is 0.396 e. The molecule has 3 nitrogen and oxygen atoms in total. The molecule has 0 aliphatic heterocycles. The molecule has 0 amide bonds. The number of nitrogens with two attached hydrogens (primary N) is 1. The summed E-state index contributed by atoms with van der Waals surface area (Å²) < 4.78 is 0. The van der Waals surface area contributed by atoms with Gasteiger partial charge in [0.1, 0.15) is 0 Å². The van der Waals surface area contributed by atoms with Crippen LogP contribution in [0.5, 0.6) is 0 Å². The highest BCUT2D eigenvalue weighted by atomic mass is 35.5. The van der Waals surface area contributed by atoms with Crippen LogP contribution in [0.15, 0.2) is 12.3 Å². The standard InChI is InChI=1S/C13H20ClN3/c1-17(9-10-5-3-2-4-6-10)13-12(15)7-11(14)8-16-13/h7-8,10H,2-6,9,15H2,1H3. The first kappa shape index (κ1) is 12.5. The van der Waals surface area contributed by atoms with Crippen molar-refractivity contribution in [1.82, 2.24) is 4.98 Å². The number of aromatic nitrogens is 1. The third-order valence-electron chi connectivity index (χ3n) is 3.48. The number of anilines is 2. The summed E-state index contributed by atoms with van der Waals surface area (Å²) in [5.41, 5.74) is 6.60. The third kappa shape index (κ3) is 3.25. The minimum absolute atomic E-state index is 0.595. The summed E-state index contributed by atoms with van der Waals surface area (Å²) >= 11 is 5.85. The van der Waals surface area contributed by atoms with Crippen molar-refractivity contribution in [3.63, 3.8) is 0 Å². The van der Waals surface area contributed by atoms with Crippen LogP contribution in [0.3, 0.4) is 0 Å². The number of hydrogen-bond acceptors (Lipinski definition) is 3. The van der Waals surface area contributed by atoms with E-state index in [4.69, 9.17) is 17.3 Å². The number of rotatable bonds is 3. The second-order valence-electron chi connectivity index (χ2n) is 4.95. The zero-order chi connectivity index (χ0) is 12.3. The first-order valence-corrected chi connectivity index (χ1v) is 6.67. The molecule has 0 aromatic carbocycles. The Balaban J connectivity index is 2.00. The van der Waals surface area contributed by atoms with Crippen molar-refractivity contribution in [1.29, 1.82) is 0 Å². The molecular weight excluding hydrogens is 234 g/mol. The predicted octanol–water partition coefficient (Wildman–Crippen LogP) is 3.33. The van der Waals surface area contributed by atoms with E-state index in [1.807, 2.05) is 0 Å². The average Bonchev–Trinajstić information content (AvgIpc) is 2.30. The topological polar surface area (TPSA) is 42.2 Å². The van der Waals surface area contributed by atoms with Gasteiger partial charge in [0.05, 0.1) is 10.7 Å². The summed E-state index contributed by atoms with van der Waals surface area (Å²) in [5, 5.41) is 0.595. The van der Waals surface area contributed by atoms with E-state index in [1.165, 1.54) is 32.1 Å². The molecule has 0 radical (unpaired) electrons. The molecule has 4 heteroatoms. The zero-order valence-electron chi connectivity index (χ0n) is 10.3. The van der Waals surface area contributed by atoms with Gasteiger partial charge in [0.2, 0.25) is 0 Å². The number of nitrogens with zero attached hydrogens (tertiary/aromatic N) is 2. The summed E-state index contributed by atoms with van der Waals surface area (Å²) in [7, 11) is 2.06. The van der Waals surface area contributed by atoms with E-state index in [9.17, 15) is 0 Å². The quantitative estimate of drug-likeness (QED) is 0.899. The van der Waals surface area contributed by atoms with Crippen LogP contribution in [0.2, 0.25) is 5.02 Å². The first-order chi connectivity index (χ1) is 8.16. The van der Waals surface area contributed by atoms with Crippen molar-refractivity contribution in [3.8, 4) is 0 Å². The van der Waals surface area contributed by atoms with E-state index in [0.717, 1.165) is 18.3 Å². The molecular formula is C13H20ClN3. The maximum atomic E-state index is 5.94. The Morgan fingerprint density at radius 2 is 2.12 bits per heavy atom. The lowest BCUT2D eigenvalue weighted by Crippen LogP contribution is -2.28. The fourth-order valence-corrected chi connectivity index (χ4v) is 2.78. The molecule has 0 unspecified atom stereocenters. The Morgan fingerprint density at radius 3 is 2.76 bits per heavy atom. The highest BCUT2D eigenvalue weighted by Gasteiger charge is 2.17. The van der Waals surface area contributed by atoms with E-state index < -0.39 is 0 Å². The molecule has 1 fully saturated rings. The summed E-state index contributed by atoms with van der Waals surface area (Å²) in [4.78, 5) is 6.47. The van der Waals surface area contributed by atoms with Gasteiger partial charge in [-0.25, -0.2) is 4.98 Å². The van der Waals surface area contributed by atoms with Crippen LogP contribution in [0.25, 0.3) is 0 Å². The molecule has 1 aliphatic rings. The van der Waals surface area contributed by atoms with Gasteiger partial charge in [0.15, 0.2) is 5.82 Å². The summed E-state index contributed by atoms with van der Waals surface area (Å²) in [5.74, 6) is 1.63. The lowest BCUT2D eigenvalue weighted by atomic mass is 9.89. The summed E-state index contributed by atoms with van der Waals surface area (Å²) in [6, 6.07) is 1.77. The maximum absolute atomic E-state index is 5.94. The van der Waals surface area contributed by atoms with Gasteiger partial charge in [-0.15, -0.1) is 0 Å². The van der Waals surface area contributed by atoms with Crippen LogP contribution in [0, 0.1) is 5.92 Å². The number of hydrogen-bond donors (Lipinski definition) is 1. The highest BCUT2D eigenvalue weighted by molar-refractivity contribution is 6.30. The maximum Gasteiger partial charge on any atom is 0.151 e. The van der Waals surface area contributed by atoms with E-state index in [0.29, 0.717) is 10.7 Å². The normalized spacial score (nSPS) is 17.1. The molecule has 1 aromatic rings. The Kier molecular flexibility index (Phi) is 4.11. The van der Waals surface area contributed by atoms with E-state index in [1.54, 1.807) is 12.3 Å². The fourth-order valence-electron chi connectivity index (χ4n) is 2.61. The van der Waals surface area contributed by atoms with Gasteiger partial charge in [-0.1, -0.05) is 30.9 Å². The van der Waals surface area contributed by atoms with Crippen LogP contribution in [0.4, 0.5) is 11.5 Å². The van der Waals surface area contributed by atoms with Crippen molar-refractivity contribution >= 4 is 23.1 Å². The number of nitrogen functional groups attached to an aromatic ring is 1. The first-order valence-electron chi connectivity index (χ1n) is 6.29. The highest BCUT2D eigenvalue weighted by Crippen LogP contribution is 2.27. The Labute approximate surface area is 108 Å². The van der Waals surface area contributed by atoms with Gasteiger partial charge < -0.3 is 10.6 Å². The zero-order valence-corrected chi connectivity index (χ0v) is 11.1. The predicted molar refractivity (Wildman–Crippen MR) is 73.5 cm³/mol. The third-order valence-corrected chi connectivity index (χ3v) is 3.69. The molecule has 0 spiro atoms. The minimum atomic E-state index is 0.595. The van der Waals surface area contributed by atoms with Crippen molar-refractivity contribution in [2.75, 3.05) is 24.2 Å². The molecule has 1 saturated carbocycles. The van der Waals surface area contributed by atoms with Crippen molar-refractivity contribution in [2.24, 2.45) is 5.92 Å². The monoisotopic (exact) mass is 253 g/mol. The van der Waals surface area contributed by atoms with Gasteiger partial charge >= 0.3 is 0 Å². The molecule has 1 aliphatic carbocycles. The van der Waals surface area contributed by atoms with Gasteiger partial charge in [-0.3, -0.25) is 0 Å². The van der Waals surface area contributed by atoms with Gasteiger partial charge in [0, 0.05) is 19.8 Å². The van der Waals surface area contributed by atoms with E-state index in [-0.39, 0.29) is 0 Å². The Bertz CT molecular complexity index is 375. The molecule has 0 saturated heterocycles. The van der Waals surface area contributed by atoms with Gasteiger partial charge in [-0.2, -0.15) is 0 Å². The van der Waals surface area contributed by atoms with Crippen LogP contribution in [-0.4, -0.2) is 18.6 Å². The molecule has 0 bridgehead atoms. The molecule has 1 aromatic heterocycles. The second-order valence-corrected chi connectivity index (χ2v) is 5.39. The molecule has 94 valence electrons. The number of halogens is 1. The van der Waals surface area contributed by atoms with Crippen molar-refractivity contribution in [2.45, 2.75) is 32.1 Å². The molecule has 1 heterocycles. The lowest BCUT2D eigenvalue weighted by Gasteiger charge is -2.28. The molecule has 2 N–H and O–H groups in total. The SMILES string of the molecule is CN(CC1CCCCC1)c1ncc(Cl)cc1N. The van der Waals surface area contributed by atoms with Crippen molar-refractivity contribution < 1.29 is 0 Å². The van der Waals surface area contributed by atoms with Crippen LogP contribution in [0.1, 0.15) is 32.1 Å². The lowest BCUT2D eigenvalue weighted by molar-refractivity contribution is 0.361. The summed E-state index contributed by atoms with van der Waals surface area (Å²) in [6.07, 6.45) is 8.44. The smallest absolute Gasteiger partial charge is 0.151 e. The molecule has 17 heavy (non-hydrogen) atoms. The van der Waals surface area contributed by atoms with E-state index in [2.05, 4.69) is 16.9 Å². The summed E-state index contributed by atoms with van der Waals surface area (Å²) in [6.45, 7) is 1.04. The molecule has 2 rings (SSSR count). The van der Waals surface area contributed by atoms with Crippen LogP contribution >= 0.6 is 11.6 Å². The minimum Gasteiger partial charge on any atom is -0.396 e. The van der Waals surface area contributed by atoms with Crippen LogP contribution in [-0.2, 0) is 0 Å². The number of pyridine rings is 1. The van der Waals surface area contributed by atoms with E-state index >= 15 is 0 Å². The van der Waals surface area contributed by atoms with Crippen LogP contribution < -0.4 is 10.6 Å². The Morgan fingerprint density at radius 1 is 1.41 bits per heavy atom. The second kappa shape index (κ2) is 5.58. The Hall–Kier alpha value is -0.960.